The van der Waals surface area contributed by atoms with Crippen LogP contribution < -0.4 is 5.32 Å². The van der Waals surface area contributed by atoms with Gasteiger partial charge in [0.25, 0.3) is 0 Å². The van der Waals surface area contributed by atoms with Gasteiger partial charge in [-0.2, -0.15) is 0 Å². The molecule has 0 amide bonds. The van der Waals surface area contributed by atoms with Crippen molar-refractivity contribution in [3.63, 3.8) is 0 Å². The summed E-state index contributed by atoms with van der Waals surface area (Å²) < 4.78 is 0. The molecule has 2 rings (SSSR count). The zero-order chi connectivity index (χ0) is 15.8. The highest BCUT2D eigenvalue weighted by atomic mass is 16.3. The molecule has 1 aliphatic rings. The van der Waals surface area contributed by atoms with Crippen molar-refractivity contribution in [3.8, 4) is 0 Å². The van der Waals surface area contributed by atoms with Crippen molar-refractivity contribution in [1.29, 1.82) is 0 Å². The lowest BCUT2D eigenvalue weighted by Gasteiger charge is -2.29. The zero-order valence-corrected chi connectivity index (χ0v) is 14.2. The molecule has 3 nitrogen and oxygen atoms in total. The molecule has 1 saturated heterocycles. The van der Waals surface area contributed by atoms with Gasteiger partial charge in [-0.3, -0.25) is 0 Å². The molecule has 2 N–H and O–H groups in total. The standard InChI is InChI=1S/C19H32N2O/c1-16-5-3-6-18(15-16)8-7-17(2)20-11-4-12-21-13-9-19(22)10-14-21/h3,5-6,15,17,19-20,22H,4,7-14H2,1-2H3. The van der Waals surface area contributed by atoms with E-state index in [0.717, 1.165) is 45.4 Å². The Morgan fingerprint density at radius 3 is 2.82 bits per heavy atom. The van der Waals surface area contributed by atoms with Crippen molar-refractivity contribution >= 4 is 0 Å². The van der Waals surface area contributed by atoms with Gasteiger partial charge in [0.2, 0.25) is 0 Å². The van der Waals surface area contributed by atoms with Crippen LogP contribution in [0.5, 0.6) is 0 Å². The lowest BCUT2D eigenvalue weighted by atomic mass is 10.0. The van der Waals surface area contributed by atoms with Crippen LogP contribution in [-0.4, -0.2) is 48.3 Å². The number of aliphatic hydroxyl groups is 1. The van der Waals surface area contributed by atoms with Crippen molar-refractivity contribution in [3.05, 3.63) is 35.4 Å². The van der Waals surface area contributed by atoms with Gasteiger partial charge in [0, 0.05) is 19.1 Å². The second kappa shape index (κ2) is 9.29. The molecule has 22 heavy (non-hydrogen) atoms. The average molecular weight is 304 g/mol. The highest BCUT2D eigenvalue weighted by Crippen LogP contribution is 2.10. The van der Waals surface area contributed by atoms with E-state index < -0.39 is 0 Å². The summed E-state index contributed by atoms with van der Waals surface area (Å²) in [5.74, 6) is 0. The first kappa shape index (κ1) is 17.5. The number of nitrogens with one attached hydrogen (secondary N) is 1. The molecule has 1 aromatic rings. The summed E-state index contributed by atoms with van der Waals surface area (Å²) >= 11 is 0. The molecule has 0 spiro atoms. The zero-order valence-electron chi connectivity index (χ0n) is 14.2. The van der Waals surface area contributed by atoms with Crippen LogP contribution in [0.1, 0.15) is 43.7 Å². The Bertz CT molecular complexity index is 427. The fourth-order valence-corrected chi connectivity index (χ4v) is 3.15. The molecule has 0 bridgehead atoms. The van der Waals surface area contributed by atoms with Crippen LogP contribution in [0.25, 0.3) is 0 Å². The van der Waals surface area contributed by atoms with Crippen LogP contribution >= 0.6 is 0 Å². The summed E-state index contributed by atoms with van der Waals surface area (Å²) in [4.78, 5) is 2.48. The molecule has 0 aromatic heterocycles. The summed E-state index contributed by atoms with van der Waals surface area (Å²) in [6, 6.07) is 9.40. The molecule has 1 fully saturated rings. The second-order valence-electron chi connectivity index (χ2n) is 6.81. The van der Waals surface area contributed by atoms with E-state index in [1.54, 1.807) is 0 Å². The third-order valence-corrected chi connectivity index (χ3v) is 4.65. The van der Waals surface area contributed by atoms with E-state index in [1.807, 2.05) is 0 Å². The van der Waals surface area contributed by atoms with Gasteiger partial charge in [-0.05, 0) is 64.6 Å². The first-order valence-corrected chi connectivity index (χ1v) is 8.83. The summed E-state index contributed by atoms with van der Waals surface area (Å²) in [6.45, 7) is 8.81. The monoisotopic (exact) mass is 304 g/mol. The Balaban J connectivity index is 1.53. The third-order valence-electron chi connectivity index (χ3n) is 4.65. The minimum Gasteiger partial charge on any atom is -0.393 e. The molecule has 3 heteroatoms. The smallest absolute Gasteiger partial charge is 0.0564 e. The highest BCUT2D eigenvalue weighted by molar-refractivity contribution is 5.22. The number of aryl methyl sites for hydroxylation is 2. The predicted octanol–water partition coefficient (Wildman–Crippen LogP) is 2.75. The Morgan fingerprint density at radius 2 is 2.09 bits per heavy atom. The number of rotatable bonds is 8. The molecule has 0 aliphatic carbocycles. The van der Waals surface area contributed by atoms with Crippen LogP contribution in [0.2, 0.25) is 0 Å². The molecule has 0 radical (unpaired) electrons. The summed E-state index contributed by atoms with van der Waals surface area (Å²) in [5.41, 5.74) is 2.80. The van der Waals surface area contributed by atoms with E-state index in [-0.39, 0.29) is 6.10 Å². The first-order valence-electron chi connectivity index (χ1n) is 8.83. The van der Waals surface area contributed by atoms with Gasteiger partial charge in [0.15, 0.2) is 0 Å². The van der Waals surface area contributed by atoms with Gasteiger partial charge in [-0.1, -0.05) is 29.8 Å². The number of nitrogens with zero attached hydrogens (tertiary/aromatic N) is 1. The van der Waals surface area contributed by atoms with Crippen molar-refractivity contribution in [2.75, 3.05) is 26.2 Å². The predicted molar refractivity (Wildman–Crippen MR) is 93.3 cm³/mol. The van der Waals surface area contributed by atoms with E-state index in [2.05, 4.69) is 48.3 Å². The SMILES string of the molecule is Cc1cccc(CCC(C)NCCCN2CCC(O)CC2)c1. The lowest BCUT2D eigenvalue weighted by Crippen LogP contribution is -2.38. The van der Waals surface area contributed by atoms with Crippen molar-refractivity contribution < 1.29 is 5.11 Å². The molecule has 124 valence electrons. The van der Waals surface area contributed by atoms with Crippen molar-refractivity contribution in [1.82, 2.24) is 10.2 Å². The second-order valence-corrected chi connectivity index (χ2v) is 6.81. The number of hydrogen-bond donors (Lipinski definition) is 2. The molecule has 1 unspecified atom stereocenters. The summed E-state index contributed by atoms with van der Waals surface area (Å²) in [6.07, 6.45) is 5.38. The van der Waals surface area contributed by atoms with E-state index in [4.69, 9.17) is 0 Å². The molecular formula is C19H32N2O. The summed E-state index contributed by atoms with van der Waals surface area (Å²) in [5, 5.41) is 13.1. The van der Waals surface area contributed by atoms with Gasteiger partial charge in [-0.15, -0.1) is 0 Å². The Morgan fingerprint density at radius 1 is 1.32 bits per heavy atom. The maximum atomic E-state index is 9.50. The molecular weight excluding hydrogens is 272 g/mol. The number of hydrogen-bond acceptors (Lipinski definition) is 3. The Labute approximate surface area is 135 Å². The van der Waals surface area contributed by atoms with Crippen LogP contribution in [0, 0.1) is 6.92 Å². The van der Waals surface area contributed by atoms with Crippen molar-refractivity contribution in [2.45, 2.75) is 58.1 Å². The molecule has 1 aromatic carbocycles. The van der Waals surface area contributed by atoms with Gasteiger partial charge >= 0.3 is 0 Å². The number of likely N-dealkylation sites (tertiary alicyclic amines) is 1. The van der Waals surface area contributed by atoms with E-state index in [0.29, 0.717) is 6.04 Å². The lowest BCUT2D eigenvalue weighted by molar-refractivity contribution is 0.0820. The average Bonchev–Trinajstić information content (AvgIpc) is 2.51. The van der Waals surface area contributed by atoms with Crippen LogP contribution in [0.15, 0.2) is 24.3 Å². The quantitative estimate of drug-likeness (QED) is 0.725. The molecule has 0 saturated carbocycles. The summed E-state index contributed by atoms with van der Waals surface area (Å²) in [7, 11) is 0. The first-order chi connectivity index (χ1) is 10.6. The minimum atomic E-state index is -0.0592. The topological polar surface area (TPSA) is 35.5 Å². The van der Waals surface area contributed by atoms with Crippen LogP contribution in [0.3, 0.4) is 0 Å². The molecule has 1 atom stereocenters. The fraction of sp³-hybridized carbons (Fsp3) is 0.684. The largest absolute Gasteiger partial charge is 0.393 e. The normalized spacial score (nSPS) is 18.5. The third kappa shape index (κ3) is 6.47. The van der Waals surface area contributed by atoms with Gasteiger partial charge in [0.05, 0.1) is 6.10 Å². The fourth-order valence-electron chi connectivity index (χ4n) is 3.15. The molecule has 1 aliphatic heterocycles. The van der Waals surface area contributed by atoms with Crippen LogP contribution in [-0.2, 0) is 6.42 Å². The number of piperidine rings is 1. The van der Waals surface area contributed by atoms with E-state index >= 15 is 0 Å². The van der Waals surface area contributed by atoms with E-state index in [1.165, 1.54) is 24.0 Å². The number of benzene rings is 1. The van der Waals surface area contributed by atoms with Crippen molar-refractivity contribution in [2.24, 2.45) is 0 Å². The minimum absolute atomic E-state index is 0.0592. The van der Waals surface area contributed by atoms with Gasteiger partial charge in [-0.25, -0.2) is 0 Å². The van der Waals surface area contributed by atoms with E-state index in [9.17, 15) is 5.11 Å². The highest BCUT2D eigenvalue weighted by Gasteiger charge is 2.16. The molecule has 1 heterocycles. The maximum Gasteiger partial charge on any atom is 0.0564 e. The van der Waals surface area contributed by atoms with Gasteiger partial charge < -0.3 is 15.3 Å². The van der Waals surface area contributed by atoms with Crippen LogP contribution in [0.4, 0.5) is 0 Å². The maximum absolute atomic E-state index is 9.50. The van der Waals surface area contributed by atoms with Gasteiger partial charge in [0.1, 0.15) is 0 Å². The number of aliphatic hydroxyl groups excluding tert-OH is 1. The Kier molecular flexibility index (Phi) is 7.37. The Hall–Kier alpha value is -0.900.